The first-order valence-electron chi connectivity index (χ1n) is 5.62. The topological polar surface area (TPSA) is 81.4 Å². The number of carboxylic acids is 1. The highest BCUT2D eigenvalue weighted by molar-refractivity contribution is 7.99. The maximum absolute atomic E-state index is 12.2. The van der Waals surface area contributed by atoms with Crippen LogP contribution in [0.4, 0.5) is 0 Å². The van der Waals surface area contributed by atoms with Crippen molar-refractivity contribution in [2.45, 2.75) is 11.3 Å². The maximum Gasteiger partial charge on any atom is 0.305 e. The molecular weight excluding hydrogens is 264 g/mol. The fourth-order valence-electron chi connectivity index (χ4n) is 1.45. The summed E-state index contributed by atoms with van der Waals surface area (Å²) in [6.07, 6.45) is -0.0876. The third-order valence-corrected chi connectivity index (χ3v) is 3.36. The summed E-state index contributed by atoms with van der Waals surface area (Å²) >= 11 is 1.29. The zero-order valence-electron chi connectivity index (χ0n) is 10.5. The normalized spacial score (nSPS) is 9.68. The van der Waals surface area contributed by atoms with Crippen molar-refractivity contribution in [1.82, 2.24) is 4.90 Å². The Kier molecular flexibility index (Phi) is 5.90. The van der Waals surface area contributed by atoms with Crippen LogP contribution < -0.4 is 0 Å². The van der Waals surface area contributed by atoms with Crippen molar-refractivity contribution in [2.24, 2.45) is 0 Å². The highest BCUT2D eigenvalue weighted by Crippen LogP contribution is 2.23. The van der Waals surface area contributed by atoms with Crippen LogP contribution in [-0.2, 0) is 4.79 Å². The average molecular weight is 278 g/mol. The first-order chi connectivity index (χ1) is 9.06. The number of amides is 1. The van der Waals surface area contributed by atoms with Gasteiger partial charge in [-0.3, -0.25) is 9.59 Å². The van der Waals surface area contributed by atoms with Gasteiger partial charge in [-0.2, -0.15) is 5.26 Å². The molecule has 0 aliphatic heterocycles. The molecule has 19 heavy (non-hydrogen) atoms. The Morgan fingerprint density at radius 3 is 2.74 bits per heavy atom. The number of nitrogens with zero attached hydrogens (tertiary/aromatic N) is 2. The summed E-state index contributed by atoms with van der Waals surface area (Å²) < 4.78 is 0. The van der Waals surface area contributed by atoms with Crippen LogP contribution >= 0.6 is 11.8 Å². The lowest BCUT2D eigenvalue weighted by Gasteiger charge is -2.17. The number of carboxylic acid groups (broad SMARTS) is 1. The first-order valence-corrected chi connectivity index (χ1v) is 6.61. The van der Waals surface area contributed by atoms with Gasteiger partial charge in [0.2, 0.25) is 0 Å². The van der Waals surface area contributed by atoms with Gasteiger partial charge in [-0.05, 0) is 12.1 Å². The molecule has 0 saturated carbocycles. The second-order valence-corrected chi connectivity index (χ2v) is 4.83. The number of carbonyl (C=O) groups is 2. The second-order valence-electron chi connectivity index (χ2n) is 3.81. The van der Waals surface area contributed by atoms with Crippen LogP contribution in [0.2, 0.25) is 0 Å². The number of carbonyl (C=O) groups excluding carboxylic acids is 1. The highest BCUT2D eigenvalue weighted by atomic mass is 32.2. The third-order valence-electron chi connectivity index (χ3n) is 2.42. The van der Waals surface area contributed by atoms with Crippen LogP contribution in [0.15, 0.2) is 29.2 Å². The van der Waals surface area contributed by atoms with E-state index in [1.165, 1.54) is 16.7 Å². The van der Waals surface area contributed by atoms with Crippen LogP contribution in [0.5, 0.6) is 0 Å². The van der Waals surface area contributed by atoms with E-state index >= 15 is 0 Å². The summed E-state index contributed by atoms with van der Waals surface area (Å²) in [5.74, 6) is -0.905. The predicted octanol–water partition coefficient (Wildman–Crippen LogP) is 1.85. The third kappa shape index (κ3) is 4.64. The number of hydrogen-bond donors (Lipinski definition) is 1. The van der Waals surface area contributed by atoms with Crippen LogP contribution in [0.3, 0.4) is 0 Å². The van der Waals surface area contributed by atoms with Gasteiger partial charge in [-0.15, -0.1) is 11.8 Å². The quantitative estimate of drug-likeness (QED) is 0.803. The van der Waals surface area contributed by atoms with E-state index in [0.717, 1.165) is 4.90 Å². The molecule has 0 aliphatic carbocycles. The Morgan fingerprint density at radius 2 is 2.11 bits per heavy atom. The van der Waals surface area contributed by atoms with Gasteiger partial charge in [0.15, 0.2) is 0 Å². The molecule has 1 amide bonds. The van der Waals surface area contributed by atoms with E-state index in [0.29, 0.717) is 5.56 Å². The van der Waals surface area contributed by atoms with Gasteiger partial charge >= 0.3 is 5.97 Å². The molecule has 0 saturated heterocycles. The highest BCUT2D eigenvalue weighted by Gasteiger charge is 2.16. The fourth-order valence-corrected chi connectivity index (χ4v) is 2.16. The van der Waals surface area contributed by atoms with Gasteiger partial charge in [-0.1, -0.05) is 12.1 Å². The van der Waals surface area contributed by atoms with E-state index in [4.69, 9.17) is 10.4 Å². The molecule has 1 rings (SSSR count). The van der Waals surface area contributed by atoms with Crippen LogP contribution in [0.25, 0.3) is 0 Å². The molecule has 1 aromatic rings. The van der Waals surface area contributed by atoms with E-state index in [1.807, 2.05) is 6.07 Å². The lowest BCUT2D eigenvalue weighted by atomic mass is 10.2. The smallest absolute Gasteiger partial charge is 0.305 e. The molecule has 0 aromatic heterocycles. The molecular formula is C13H14N2O3S. The van der Waals surface area contributed by atoms with Gasteiger partial charge in [0.1, 0.15) is 0 Å². The summed E-state index contributed by atoms with van der Waals surface area (Å²) in [6, 6.07) is 9.01. The summed E-state index contributed by atoms with van der Waals surface area (Å²) in [6.45, 7) is 0.158. The molecule has 1 N–H and O–H groups in total. The number of benzene rings is 1. The monoisotopic (exact) mass is 278 g/mol. The van der Waals surface area contributed by atoms with Crippen molar-refractivity contribution in [3.8, 4) is 6.07 Å². The fraction of sp³-hybridized carbons (Fsp3) is 0.308. The molecule has 0 atom stereocenters. The summed E-state index contributed by atoms with van der Waals surface area (Å²) in [5, 5.41) is 17.2. The lowest BCUT2D eigenvalue weighted by molar-refractivity contribution is -0.137. The van der Waals surface area contributed by atoms with E-state index in [1.54, 1.807) is 31.3 Å². The summed E-state index contributed by atoms with van der Waals surface area (Å²) in [4.78, 5) is 24.8. The summed E-state index contributed by atoms with van der Waals surface area (Å²) in [5.41, 5.74) is 0.496. The van der Waals surface area contributed by atoms with E-state index < -0.39 is 5.97 Å². The largest absolute Gasteiger partial charge is 0.481 e. The number of thioether (sulfide) groups is 1. The maximum atomic E-state index is 12.2. The van der Waals surface area contributed by atoms with Crippen LogP contribution in [-0.4, -0.2) is 41.2 Å². The zero-order chi connectivity index (χ0) is 14.3. The van der Waals surface area contributed by atoms with Crippen molar-refractivity contribution < 1.29 is 14.7 Å². The molecule has 1 aromatic carbocycles. The lowest BCUT2D eigenvalue weighted by Crippen LogP contribution is -2.29. The Morgan fingerprint density at radius 1 is 1.42 bits per heavy atom. The minimum atomic E-state index is -0.938. The number of hydrogen-bond acceptors (Lipinski definition) is 4. The van der Waals surface area contributed by atoms with E-state index in [-0.39, 0.29) is 24.6 Å². The Balaban J connectivity index is 2.81. The SMILES string of the molecule is CN(CCC(=O)O)C(=O)c1ccccc1SCC#N. The Bertz CT molecular complexity index is 511. The minimum Gasteiger partial charge on any atom is -0.481 e. The molecule has 0 aliphatic rings. The second kappa shape index (κ2) is 7.44. The molecule has 5 nitrogen and oxygen atoms in total. The van der Waals surface area contributed by atoms with Gasteiger partial charge in [0.25, 0.3) is 5.91 Å². The molecule has 0 heterocycles. The van der Waals surface area contributed by atoms with Crippen LogP contribution in [0.1, 0.15) is 16.8 Å². The van der Waals surface area contributed by atoms with Crippen molar-refractivity contribution in [3.63, 3.8) is 0 Å². The summed E-state index contributed by atoms with van der Waals surface area (Å²) in [7, 11) is 1.57. The molecule has 0 radical (unpaired) electrons. The van der Waals surface area contributed by atoms with E-state index in [9.17, 15) is 9.59 Å². The standard InChI is InChI=1S/C13H14N2O3S/c1-15(8-6-12(16)17)13(18)10-4-2-3-5-11(10)19-9-7-14/h2-5H,6,8-9H2,1H3,(H,16,17). The Hall–Kier alpha value is -2.00. The van der Waals surface area contributed by atoms with Crippen molar-refractivity contribution in [2.75, 3.05) is 19.3 Å². The first kappa shape index (κ1) is 15.1. The average Bonchev–Trinajstić information content (AvgIpc) is 2.42. The van der Waals surface area contributed by atoms with Gasteiger partial charge in [0.05, 0.1) is 23.8 Å². The number of aliphatic carboxylic acids is 1. The molecule has 0 spiro atoms. The van der Waals surface area contributed by atoms with Gasteiger partial charge < -0.3 is 10.0 Å². The van der Waals surface area contributed by atoms with Gasteiger partial charge in [-0.25, -0.2) is 0 Å². The molecule has 6 heteroatoms. The number of rotatable bonds is 6. The van der Waals surface area contributed by atoms with E-state index in [2.05, 4.69) is 0 Å². The zero-order valence-corrected chi connectivity index (χ0v) is 11.3. The Labute approximate surface area is 115 Å². The van der Waals surface area contributed by atoms with Crippen molar-refractivity contribution in [1.29, 1.82) is 5.26 Å². The van der Waals surface area contributed by atoms with Gasteiger partial charge in [0, 0.05) is 18.5 Å². The number of nitriles is 1. The predicted molar refractivity (Wildman–Crippen MR) is 72.0 cm³/mol. The minimum absolute atomic E-state index is 0.0876. The molecule has 0 bridgehead atoms. The molecule has 0 unspecified atom stereocenters. The molecule has 100 valence electrons. The van der Waals surface area contributed by atoms with Crippen molar-refractivity contribution >= 4 is 23.6 Å². The molecule has 0 fully saturated rings. The van der Waals surface area contributed by atoms with Crippen LogP contribution in [0, 0.1) is 11.3 Å². The van der Waals surface area contributed by atoms with Crippen molar-refractivity contribution in [3.05, 3.63) is 29.8 Å².